The summed E-state index contributed by atoms with van der Waals surface area (Å²) in [6.45, 7) is 14.2. The van der Waals surface area contributed by atoms with Crippen molar-refractivity contribution in [2.45, 2.75) is 86.5 Å². The van der Waals surface area contributed by atoms with Gasteiger partial charge in [-0.2, -0.15) is 0 Å². The minimum atomic E-state index is -0.0639. The molecular formula is C28H42O2. The summed E-state index contributed by atoms with van der Waals surface area (Å²) in [4.78, 5) is 25.2. The second-order valence-electron chi connectivity index (χ2n) is 12.0. The number of Topliss-reactive ketones (excluding diaryl/α,β-unsaturated/α-hetero) is 1. The van der Waals surface area contributed by atoms with Gasteiger partial charge in [0.25, 0.3) is 0 Å². The van der Waals surface area contributed by atoms with E-state index >= 15 is 0 Å². The maximum Gasteiger partial charge on any atom is 0.159 e. The van der Waals surface area contributed by atoms with Gasteiger partial charge in [-0.15, -0.1) is 0 Å². The zero-order valence-corrected chi connectivity index (χ0v) is 20.0. The third kappa shape index (κ3) is 3.37. The first-order chi connectivity index (χ1) is 14.1. The zero-order chi connectivity index (χ0) is 21.8. The van der Waals surface area contributed by atoms with Crippen LogP contribution >= 0.6 is 0 Å². The molecule has 166 valence electrons. The smallest absolute Gasteiger partial charge is 0.159 e. The van der Waals surface area contributed by atoms with E-state index in [2.05, 4.69) is 53.7 Å². The Bertz CT molecular complexity index is 774. The molecule has 0 saturated heterocycles. The number of hydrogen-bond donors (Lipinski definition) is 0. The highest BCUT2D eigenvalue weighted by Gasteiger charge is 2.60. The molecule has 0 aromatic rings. The molecule has 0 spiro atoms. The van der Waals surface area contributed by atoms with Crippen molar-refractivity contribution in [1.82, 2.24) is 0 Å². The van der Waals surface area contributed by atoms with Crippen molar-refractivity contribution in [2.75, 3.05) is 0 Å². The van der Waals surface area contributed by atoms with Crippen LogP contribution in [-0.2, 0) is 9.59 Å². The predicted octanol–water partition coefficient (Wildman–Crippen LogP) is 6.80. The van der Waals surface area contributed by atoms with Crippen LogP contribution in [0, 0.1) is 52.3 Å². The predicted molar refractivity (Wildman–Crippen MR) is 123 cm³/mol. The largest absolute Gasteiger partial charge is 0.295 e. The number of carbonyl (C=O) groups is 2. The molecular weight excluding hydrogens is 368 g/mol. The fraction of sp³-hybridized carbons (Fsp3) is 0.786. The quantitative estimate of drug-likeness (QED) is 0.478. The van der Waals surface area contributed by atoms with Gasteiger partial charge in [-0.05, 0) is 90.4 Å². The Hall–Kier alpha value is -1.18. The van der Waals surface area contributed by atoms with Crippen LogP contribution in [-0.4, -0.2) is 11.6 Å². The summed E-state index contributed by atoms with van der Waals surface area (Å²) in [5, 5.41) is 0. The third-order valence-electron chi connectivity index (χ3n) is 10.3. The van der Waals surface area contributed by atoms with Gasteiger partial charge in [-0.25, -0.2) is 0 Å². The van der Waals surface area contributed by atoms with Crippen molar-refractivity contribution in [2.24, 2.45) is 52.3 Å². The minimum Gasteiger partial charge on any atom is -0.295 e. The zero-order valence-electron chi connectivity index (χ0n) is 20.0. The minimum absolute atomic E-state index is 0.0639. The van der Waals surface area contributed by atoms with Crippen molar-refractivity contribution >= 4 is 11.6 Å². The maximum atomic E-state index is 13.2. The van der Waals surface area contributed by atoms with Gasteiger partial charge in [-0.1, -0.05) is 53.7 Å². The third-order valence-corrected chi connectivity index (χ3v) is 10.3. The SMILES string of the molecule is CC(C)[C@@H](C)/C=C/[C@@H](C)[C@H]1CCC2C3CC(=O)C4=CC(=O)CC[C@]4(C)C3CC[C@@]21C. The summed E-state index contributed by atoms with van der Waals surface area (Å²) >= 11 is 0. The number of rotatable bonds is 4. The molecule has 8 atom stereocenters. The van der Waals surface area contributed by atoms with Crippen LogP contribution in [0.15, 0.2) is 23.8 Å². The van der Waals surface area contributed by atoms with E-state index in [0.717, 1.165) is 17.9 Å². The summed E-state index contributed by atoms with van der Waals surface area (Å²) in [6.07, 6.45) is 13.9. The molecule has 0 aromatic heterocycles. The van der Waals surface area contributed by atoms with Gasteiger partial charge in [0, 0.05) is 18.4 Å². The average molecular weight is 411 g/mol. The van der Waals surface area contributed by atoms with Crippen molar-refractivity contribution in [3.63, 3.8) is 0 Å². The number of ketones is 2. The standard InChI is InChI=1S/C28H42O2/c1-17(2)18(3)7-8-19(4)22-9-10-23-21-16-26(30)25-15-20(29)11-13-28(25,6)24(21)12-14-27(22,23)5/h7-8,15,17-19,21-24H,9-14,16H2,1-6H3/b8-7+/t18-,19+,21?,22+,23?,24?,27+,28+/m0/s1. The van der Waals surface area contributed by atoms with Crippen LogP contribution in [0.1, 0.15) is 86.5 Å². The second-order valence-corrected chi connectivity index (χ2v) is 12.0. The molecule has 0 heterocycles. The Labute approximate surface area is 184 Å². The van der Waals surface area contributed by atoms with E-state index in [1.807, 2.05) is 0 Å². The summed E-state index contributed by atoms with van der Waals surface area (Å²) < 4.78 is 0. The summed E-state index contributed by atoms with van der Waals surface area (Å²) in [6, 6.07) is 0. The lowest BCUT2D eigenvalue weighted by Gasteiger charge is -2.57. The first-order valence-electron chi connectivity index (χ1n) is 12.5. The molecule has 4 aliphatic carbocycles. The van der Waals surface area contributed by atoms with Crippen molar-refractivity contribution in [1.29, 1.82) is 0 Å². The van der Waals surface area contributed by atoms with Crippen LogP contribution in [0.2, 0.25) is 0 Å². The van der Waals surface area contributed by atoms with E-state index in [4.69, 9.17) is 0 Å². The second kappa shape index (κ2) is 7.75. The molecule has 0 amide bonds. The van der Waals surface area contributed by atoms with E-state index in [1.165, 1.54) is 25.7 Å². The Balaban J connectivity index is 1.57. The van der Waals surface area contributed by atoms with Gasteiger partial charge in [0.05, 0.1) is 0 Å². The molecule has 2 nitrogen and oxygen atoms in total. The van der Waals surface area contributed by atoms with Crippen LogP contribution in [0.4, 0.5) is 0 Å². The lowest BCUT2D eigenvalue weighted by Crippen LogP contribution is -2.53. The normalized spacial score (nSPS) is 43.2. The van der Waals surface area contributed by atoms with Crippen molar-refractivity contribution in [3.8, 4) is 0 Å². The molecule has 4 rings (SSSR count). The maximum absolute atomic E-state index is 13.2. The van der Waals surface area contributed by atoms with Crippen molar-refractivity contribution in [3.05, 3.63) is 23.8 Å². The topological polar surface area (TPSA) is 34.1 Å². The molecule has 0 N–H and O–H groups in total. The number of allylic oxidation sites excluding steroid dienone is 3. The molecule has 0 aliphatic heterocycles. The molecule has 4 aliphatic rings. The lowest BCUT2D eigenvalue weighted by atomic mass is 9.46. The molecule has 0 radical (unpaired) electrons. The van der Waals surface area contributed by atoms with Crippen LogP contribution in [0.25, 0.3) is 0 Å². The van der Waals surface area contributed by atoms with Crippen LogP contribution < -0.4 is 0 Å². The highest BCUT2D eigenvalue weighted by molar-refractivity contribution is 6.05. The monoisotopic (exact) mass is 410 g/mol. The fourth-order valence-electron chi connectivity index (χ4n) is 8.00. The fourth-order valence-corrected chi connectivity index (χ4v) is 8.00. The number of carbonyl (C=O) groups excluding carboxylic acids is 2. The van der Waals surface area contributed by atoms with Gasteiger partial charge in [0.1, 0.15) is 0 Å². The highest BCUT2D eigenvalue weighted by Crippen LogP contribution is 2.67. The Kier molecular flexibility index (Phi) is 5.69. The first-order valence-corrected chi connectivity index (χ1v) is 12.5. The van der Waals surface area contributed by atoms with Gasteiger partial charge in [-0.3, -0.25) is 9.59 Å². The van der Waals surface area contributed by atoms with E-state index < -0.39 is 0 Å². The molecule has 0 aromatic carbocycles. The van der Waals surface area contributed by atoms with Crippen molar-refractivity contribution < 1.29 is 9.59 Å². The van der Waals surface area contributed by atoms with Gasteiger partial charge in [0.15, 0.2) is 11.6 Å². The molecule has 2 heteroatoms. The van der Waals surface area contributed by atoms with Gasteiger partial charge < -0.3 is 0 Å². The van der Waals surface area contributed by atoms with Gasteiger partial charge in [0.2, 0.25) is 0 Å². The van der Waals surface area contributed by atoms with Crippen LogP contribution in [0.3, 0.4) is 0 Å². The Morgan fingerprint density at radius 1 is 0.967 bits per heavy atom. The highest BCUT2D eigenvalue weighted by atomic mass is 16.1. The molecule has 30 heavy (non-hydrogen) atoms. The average Bonchev–Trinajstić information content (AvgIpc) is 3.04. The number of fused-ring (bicyclic) bond motifs is 5. The summed E-state index contributed by atoms with van der Waals surface area (Å²) in [7, 11) is 0. The van der Waals surface area contributed by atoms with E-state index in [9.17, 15) is 9.59 Å². The molecule has 3 saturated carbocycles. The van der Waals surface area contributed by atoms with E-state index in [1.54, 1.807) is 6.08 Å². The number of hydrogen-bond acceptors (Lipinski definition) is 2. The summed E-state index contributed by atoms with van der Waals surface area (Å²) in [5.41, 5.74) is 1.16. The Morgan fingerprint density at radius 3 is 2.40 bits per heavy atom. The first kappa shape index (κ1) is 22.0. The molecule has 0 bridgehead atoms. The van der Waals surface area contributed by atoms with Crippen LogP contribution in [0.5, 0.6) is 0 Å². The van der Waals surface area contributed by atoms with E-state index in [0.29, 0.717) is 53.8 Å². The Morgan fingerprint density at radius 2 is 1.70 bits per heavy atom. The summed E-state index contributed by atoms with van der Waals surface area (Å²) in [5.74, 6) is 4.85. The van der Waals surface area contributed by atoms with Gasteiger partial charge >= 0.3 is 0 Å². The van der Waals surface area contributed by atoms with E-state index in [-0.39, 0.29) is 17.0 Å². The molecule has 3 fully saturated rings. The molecule has 3 unspecified atom stereocenters. The lowest BCUT2D eigenvalue weighted by molar-refractivity contribution is -0.131.